The molecule has 0 aliphatic carbocycles. The molecule has 0 rings (SSSR count). The molecule has 0 unspecified atom stereocenters. The van der Waals surface area contributed by atoms with Gasteiger partial charge in [-0.05, 0) is 97.3 Å². The molecule has 0 amide bonds. The van der Waals surface area contributed by atoms with Gasteiger partial charge in [0.25, 0.3) is 0 Å². The van der Waals surface area contributed by atoms with Gasteiger partial charge in [-0.1, -0.05) is 168 Å². The summed E-state index contributed by atoms with van der Waals surface area (Å²) in [5.41, 5.74) is 0. The first-order valence-electron chi connectivity index (χ1n) is 25.3. The predicted molar refractivity (Wildman–Crippen MR) is 251 cm³/mol. The lowest BCUT2D eigenvalue weighted by molar-refractivity contribution is -0.150. The fourth-order valence-electron chi connectivity index (χ4n) is 7.54. The summed E-state index contributed by atoms with van der Waals surface area (Å²) >= 11 is 0. The molecule has 0 aromatic heterocycles. The highest BCUT2D eigenvalue weighted by atomic mass is 16.7. The van der Waals surface area contributed by atoms with Crippen molar-refractivity contribution in [2.45, 2.75) is 252 Å². The van der Waals surface area contributed by atoms with E-state index < -0.39 is 0 Å². The van der Waals surface area contributed by atoms with Crippen molar-refractivity contribution in [2.24, 2.45) is 0 Å². The third-order valence-electron chi connectivity index (χ3n) is 11.2. The van der Waals surface area contributed by atoms with Gasteiger partial charge in [0, 0.05) is 27.7 Å². The maximum atomic E-state index is 12.8. The van der Waals surface area contributed by atoms with E-state index in [1.54, 1.807) is 0 Å². The second-order valence-corrected chi connectivity index (χ2v) is 16.8. The molecule has 0 aliphatic rings. The fourth-order valence-corrected chi connectivity index (χ4v) is 7.54. The van der Waals surface area contributed by atoms with E-state index >= 15 is 0 Å². The highest BCUT2D eigenvalue weighted by Crippen LogP contribution is 2.18. The third-order valence-corrected chi connectivity index (χ3v) is 11.2. The number of unbranched alkanes of at least 4 members (excludes halogenated alkanes) is 25. The number of nitrogens with zero attached hydrogens (tertiary/aromatic N) is 1. The van der Waals surface area contributed by atoms with Crippen LogP contribution >= 0.6 is 0 Å². The van der Waals surface area contributed by atoms with E-state index in [1.165, 1.54) is 180 Å². The van der Waals surface area contributed by atoms with Crippen LogP contribution in [0.15, 0.2) is 0 Å². The number of hydrogen-bond donors (Lipinski definition) is 1. The molecule has 0 atom stereocenters. The number of carbonyl (C=O) groups excluding carboxylic acids is 2. The first-order valence-corrected chi connectivity index (χ1v) is 25.3. The largest absolute Gasteiger partial charge is 0.462 e. The van der Waals surface area contributed by atoms with Gasteiger partial charge < -0.3 is 28.6 Å². The maximum Gasteiger partial charge on any atom is 0.306 e. The second-order valence-electron chi connectivity index (χ2n) is 16.8. The Morgan fingerprint density at radius 3 is 1.36 bits per heavy atom. The summed E-state index contributed by atoms with van der Waals surface area (Å²) in [5, 5.41) is 3.41. The number of ether oxygens (including phenoxy) is 4. The molecular weight excluding hydrogens is 725 g/mol. The summed E-state index contributed by atoms with van der Waals surface area (Å²) in [6.07, 6.45) is 42.2. The second kappa shape index (κ2) is 54.0. The van der Waals surface area contributed by atoms with Crippen molar-refractivity contribution in [3.8, 4) is 0 Å². The number of nitrogens with one attached hydrogen (secondary N) is 1. The van der Waals surface area contributed by atoms with E-state index in [0.29, 0.717) is 19.9 Å². The van der Waals surface area contributed by atoms with Gasteiger partial charge in [0.2, 0.25) is 0 Å². The number of rotatable bonds is 49. The zero-order valence-electron chi connectivity index (χ0n) is 39.6. The quantitative estimate of drug-likeness (QED) is 0.0369. The van der Waals surface area contributed by atoms with Gasteiger partial charge in [-0.3, -0.25) is 10.1 Å². The first kappa shape index (κ1) is 59.0. The Hall–Kier alpha value is -1.06. The average molecular weight is 829 g/mol. The average Bonchev–Trinajstić information content (AvgIpc) is 3.23. The SMILES string of the molecule is C=O.CCCCCCCCCOCOCCCCCCCCN(CCCCCCCC(=O)OC(CCCCCCCC)CCCCCCCC)CCCNCOCC.[HH]. The molecule has 0 saturated carbocycles. The van der Waals surface area contributed by atoms with E-state index in [1.807, 2.05) is 13.7 Å². The molecule has 0 aromatic carbocycles. The minimum absolute atomic E-state index is 0. The molecule has 0 bridgehead atoms. The van der Waals surface area contributed by atoms with Gasteiger partial charge in [-0.15, -0.1) is 0 Å². The third kappa shape index (κ3) is 49.3. The van der Waals surface area contributed by atoms with Crippen molar-refractivity contribution in [3.05, 3.63) is 0 Å². The van der Waals surface area contributed by atoms with Crippen LogP contribution < -0.4 is 5.32 Å². The van der Waals surface area contributed by atoms with Crippen molar-refractivity contribution < 1.29 is 30.0 Å². The van der Waals surface area contributed by atoms with E-state index in [-0.39, 0.29) is 13.5 Å². The Kier molecular flexibility index (Phi) is 54.9. The Morgan fingerprint density at radius 1 is 0.500 bits per heavy atom. The zero-order valence-corrected chi connectivity index (χ0v) is 39.6. The maximum absolute atomic E-state index is 12.8. The summed E-state index contributed by atoms with van der Waals surface area (Å²) in [6, 6.07) is 0. The lowest BCUT2D eigenvalue weighted by Crippen LogP contribution is -2.30. The standard InChI is InChI=1S/C49H100N2O5.CH2O.H2/c1-5-9-12-15-19-27-34-44-54-47-55-45-35-28-20-18-25-32-41-51(43-36-40-50-46-53-8-4)42-33-26-21-24-31-39-49(52)56-48(37-29-22-16-13-10-6-2)38-30-23-17-14-11-7-3;1-2;/h48,50H,5-47H2,1-4H3;1H2;1H. The molecular formula is C50H104N2O6. The number of esters is 1. The van der Waals surface area contributed by atoms with Gasteiger partial charge in [0.1, 0.15) is 19.7 Å². The molecule has 8 heteroatoms. The number of hydrogen-bond acceptors (Lipinski definition) is 8. The van der Waals surface area contributed by atoms with Crippen LogP contribution in [0.25, 0.3) is 0 Å². The first-order chi connectivity index (χ1) is 28.7. The predicted octanol–water partition coefficient (Wildman–Crippen LogP) is 14.2. The molecule has 8 nitrogen and oxygen atoms in total. The van der Waals surface area contributed by atoms with Crippen LogP contribution in [0.5, 0.6) is 0 Å². The lowest BCUT2D eigenvalue weighted by Gasteiger charge is -2.22. The van der Waals surface area contributed by atoms with Crippen LogP contribution in [0.2, 0.25) is 0 Å². The van der Waals surface area contributed by atoms with E-state index in [4.69, 9.17) is 23.7 Å². The van der Waals surface area contributed by atoms with E-state index in [9.17, 15) is 4.79 Å². The van der Waals surface area contributed by atoms with Gasteiger partial charge >= 0.3 is 5.97 Å². The Bertz CT molecular complexity index is 751. The summed E-state index contributed by atoms with van der Waals surface area (Å²) < 4.78 is 22.9. The summed E-state index contributed by atoms with van der Waals surface area (Å²) in [5.74, 6) is 0.0448. The van der Waals surface area contributed by atoms with Crippen LogP contribution in [-0.2, 0) is 28.5 Å². The Balaban J connectivity index is -0.0000103. The van der Waals surface area contributed by atoms with E-state index in [0.717, 1.165) is 77.9 Å². The van der Waals surface area contributed by atoms with Crippen molar-refractivity contribution in [1.29, 1.82) is 0 Å². The van der Waals surface area contributed by atoms with Crippen LogP contribution in [0, 0.1) is 0 Å². The molecule has 0 heterocycles. The van der Waals surface area contributed by atoms with Crippen molar-refractivity contribution in [2.75, 3.05) is 59.5 Å². The van der Waals surface area contributed by atoms with Crippen LogP contribution in [0.4, 0.5) is 0 Å². The van der Waals surface area contributed by atoms with Crippen molar-refractivity contribution in [1.82, 2.24) is 10.2 Å². The highest BCUT2D eigenvalue weighted by molar-refractivity contribution is 5.69. The van der Waals surface area contributed by atoms with Crippen molar-refractivity contribution in [3.63, 3.8) is 0 Å². The van der Waals surface area contributed by atoms with Crippen LogP contribution in [-0.4, -0.2) is 83.3 Å². The topological polar surface area (TPSA) is 86.3 Å². The summed E-state index contributed by atoms with van der Waals surface area (Å²) in [7, 11) is 0. The molecule has 0 aliphatic heterocycles. The summed E-state index contributed by atoms with van der Waals surface area (Å²) in [4.78, 5) is 23.5. The molecule has 1 N–H and O–H groups in total. The van der Waals surface area contributed by atoms with Gasteiger partial charge in [-0.2, -0.15) is 0 Å². The molecule has 0 aromatic rings. The van der Waals surface area contributed by atoms with Crippen molar-refractivity contribution >= 4 is 12.8 Å². The molecule has 0 fully saturated rings. The minimum atomic E-state index is 0. The normalized spacial score (nSPS) is 11.4. The van der Waals surface area contributed by atoms with Crippen LogP contribution in [0.1, 0.15) is 247 Å². The molecule has 0 spiro atoms. The zero-order chi connectivity index (χ0) is 42.7. The highest BCUT2D eigenvalue weighted by Gasteiger charge is 2.14. The number of carbonyl (C=O) groups is 2. The van der Waals surface area contributed by atoms with E-state index in [2.05, 4.69) is 31.0 Å². The monoisotopic (exact) mass is 829 g/mol. The fraction of sp³-hybridized carbons (Fsp3) is 0.960. The molecule has 58 heavy (non-hydrogen) atoms. The van der Waals surface area contributed by atoms with Gasteiger partial charge in [0.05, 0.1) is 6.73 Å². The van der Waals surface area contributed by atoms with Crippen LogP contribution in [0.3, 0.4) is 0 Å². The minimum Gasteiger partial charge on any atom is -0.462 e. The molecule has 0 radical (unpaired) electrons. The van der Waals surface area contributed by atoms with Gasteiger partial charge in [0.15, 0.2) is 0 Å². The summed E-state index contributed by atoms with van der Waals surface area (Å²) in [6.45, 7) is 19.0. The molecule has 0 saturated heterocycles. The lowest BCUT2D eigenvalue weighted by atomic mass is 10.0. The Labute approximate surface area is 363 Å². The Morgan fingerprint density at radius 2 is 0.897 bits per heavy atom. The smallest absolute Gasteiger partial charge is 0.306 e. The van der Waals surface area contributed by atoms with Gasteiger partial charge in [-0.25, -0.2) is 0 Å². The molecule has 350 valence electrons.